The summed E-state index contributed by atoms with van der Waals surface area (Å²) in [7, 11) is 0. The molecule has 7 heteroatoms. The van der Waals surface area contributed by atoms with Gasteiger partial charge in [0.15, 0.2) is 0 Å². The first-order chi connectivity index (χ1) is 17.1. The van der Waals surface area contributed by atoms with Gasteiger partial charge in [0, 0.05) is 18.2 Å². The van der Waals surface area contributed by atoms with E-state index in [0.717, 1.165) is 55.8 Å². The predicted octanol–water partition coefficient (Wildman–Crippen LogP) is 5.53. The topological polar surface area (TPSA) is 67.7 Å². The van der Waals surface area contributed by atoms with E-state index in [9.17, 15) is 9.65 Å². The molecule has 35 heavy (non-hydrogen) atoms. The van der Waals surface area contributed by atoms with Gasteiger partial charge in [-0.15, -0.1) is 0 Å². The molecule has 176 valence electrons. The highest BCUT2D eigenvalue weighted by Crippen LogP contribution is 2.44. The Morgan fingerprint density at radius 3 is 2.74 bits per heavy atom. The normalized spacial score (nSPS) is 17.4. The fourth-order valence-corrected chi connectivity index (χ4v) is 5.97. The number of imidazole rings is 1. The lowest BCUT2D eigenvalue weighted by Crippen LogP contribution is -2.55. The van der Waals surface area contributed by atoms with Crippen LogP contribution >= 0.6 is 11.6 Å². The number of piperidine rings is 1. The number of aromatic amines is 1. The van der Waals surface area contributed by atoms with Crippen molar-refractivity contribution >= 4 is 22.6 Å². The maximum absolute atomic E-state index is 14.0. The molecular formula is C28H25ClFN5. The molecule has 0 amide bonds. The number of hydrogen-bond acceptors (Lipinski definition) is 4. The molecule has 4 aromatic rings. The molecule has 1 saturated heterocycles. The molecular weight excluding hydrogens is 461 g/mol. The van der Waals surface area contributed by atoms with Gasteiger partial charge in [-0.2, -0.15) is 5.26 Å². The van der Waals surface area contributed by atoms with E-state index in [4.69, 9.17) is 16.6 Å². The Balaban J connectivity index is 1.36. The van der Waals surface area contributed by atoms with Crippen molar-refractivity contribution < 1.29 is 4.39 Å². The summed E-state index contributed by atoms with van der Waals surface area (Å²) >= 11 is 5.97. The average molecular weight is 486 g/mol. The van der Waals surface area contributed by atoms with E-state index in [2.05, 4.69) is 45.5 Å². The maximum Gasteiger partial charge on any atom is 0.144 e. The van der Waals surface area contributed by atoms with Gasteiger partial charge in [-0.05, 0) is 72.8 Å². The van der Waals surface area contributed by atoms with Gasteiger partial charge < -0.3 is 10.3 Å². The van der Waals surface area contributed by atoms with Crippen LogP contribution in [-0.2, 0) is 18.5 Å². The predicted molar refractivity (Wildman–Crippen MR) is 136 cm³/mol. The maximum atomic E-state index is 14.0. The Labute approximate surface area is 208 Å². The molecule has 0 unspecified atom stereocenters. The van der Waals surface area contributed by atoms with Gasteiger partial charge in [-0.3, -0.25) is 4.90 Å². The third kappa shape index (κ3) is 3.90. The summed E-state index contributed by atoms with van der Waals surface area (Å²) < 4.78 is 14.0. The van der Waals surface area contributed by atoms with Gasteiger partial charge in [0.1, 0.15) is 11.6 Å². The van der Waals surface area contributed by atoms with Crippen molar-refractivity contribution in [3.8, 4) is 17.2 Å². The Hall–Kier alpha value is -3.24. The molecule has 0 aliphatic carbocycles. The standard InChI is InChI=1S/C28H25ClFN5/c29-23-14-25-26(15-24(23)30)34-27(33-25)17-35-11-6-21-13-20(19-3-1-2-18(12-19)16-31)4-5-22(21)28(35)7-9-32-10-8-28/h1-5,12-15,32H,6-11,17H2,(H,33,34). The summed E-state index contributed by atoms with van der Waals surface area (Å²) in [6.45, 7) is 3.51. The lowest BCUT2D eigenvalue weighted by Gasteiger charge is -2.50. The first-order valence-electron chi connectivity index (χ1n) is 12.0. The highest BCUT2D eigenvalue weighted by molar-refractivity contribution is 6.31. The number of fused-ring (bicyclic) bond motifs is 3. The van der Waals surface area contributed by atoms with Gasteiger partial charge in [-0.1, -0.05) is 41.9 Å². The summed E-state index contributed by atoms with van der Waals surface area (Å²) in [6, 6.07) is 19.8. The summed E-state index contributed by atoms with van der Waals surface area (Å²) in [4.78, 5) is 10.6. The van der Waals surface area contributed by atoms with Crippen LogP contribution in [0.4, 0.5) is 4.39 Å². The van der Waals surface area contributed by atoms with Crippen LogP contribution in [0.1, 0.15) is 35.4 Å². The summed E-state index contributed by atoms with van der Waals surface area (Å²) in [5.74, 6) is 0.389. The van der Waals surface area contributed by atoms with Crippen LogP contribution in [0, 0.1) is 17.1 Å². The molecule has 2 N–H and O–H groups in total. The van der Waals surface area contributed by atoms with Crippen LogP contribution in [0.2, 0.25) is 5.02 Å². The molecule has 6 rings (SSSR count). The molecule has 1 spiro atoms. The fraction of sp³-hybridized carbons (Fsp3) is 0.286. The zero-order chi connectivity index (χ0) is 24.0. The number of hydrogen-bond donors (Lipinski definition) is 2. The molecule has 0 bridgehead atoms. The fourth-order valence-electron chi connectivity index (χ4n) is 5.81. The SMILES string of the molecule is N#Cc1cccc(-c2ccc3c(c2)CCN(Cc2nc4cc(Cl)c(F)cc4[nH]2)C32CCNCC2)c1. The van der Waals surface area contributed by atoms with E-state index in [1.807, 2.05) is 18.2 Å². The van der Waals surface area contributed by atoms with Gasteiger partial charge in [0.05, 0.1) is 34.2 Å². The van der Waals surface area contributed by atoms with Crippen LogP contribution < -0.4 is 5.32 Å². The molecule has 2 aliphatic heterocycles. The van der Waals surface area contributed by atoms with E-state index < -0.39 is 5.82 Å². The van der Waals surface area contributed by atoms with Crippen molar-refractivity contribution in [2.24, 2.45) is 0 Å². The van der Waals surface area contributed by atoms with Crippen molar-refractivity contribution in [1.82, 2.24) is 20.2 Å². The molecule has 1 aromatic heterocycles. The molecule has 0 saturated carbocycles. The molecule has 3 heterocycles. The minimum atomic E-state index is -0.438. The lowest BCUT2D eigenvalue weighted by molar-refractivity contribution is 0.0334. The summed E-state index contributed by atoms with van der Waals surface area (Å²) in [6.07, 6.45) is 2.98. The number of halogens is 2. The Morgan fingerprint density at radius 1 is 1.09 bits per heavy atom. The first kappa shape index (κ1) is 22.2. The summed E-state index contributed by atoms with van der Waals surface area (Å²) in [5.41, 5.74) is 6.94. The number of nitrogens with zero attached hydrogens (tertiary/aromatic N) is 3. The van der Waals surface area contributed by atoms with E-state index in [-0.39, 0.29) is 10.6 Å². The van der Waals surface area contributed by atoms with Crippen LogP contribution in [0.5, 0.6) is 0 Å². The van der Waals surface area contributed by atoms with Crippen LogP contribution in [0.15, 0.2) is 54.6 Å². The smallest absolute Gasteiger partial charge is 0.144 e. The third-order valence-electron chi connectivity index (χ3n) is 7.53. The van der Waals surface area contributed by atoms with E-state index in [1.165, 1.54) is 17.2 Å². The van der Waals surface area contributed by atoms with E-state index in [0.29, 0.717) is 23.1 Å². The van der Waals surface area contributed by atoms with Gasteiger partial charge >= 0.3 is 0 Å². The third-order valence-corrected chi connectivity index (χ3v) is 7.82. The van der Waals surface area contributed by atoms with E-state index >= 15 is 0 Å². The number of benzene rings is 3. The van der Waals surface area contributed by atoms with Crippen LogP contribution in [0.25, 0.3) is 22.2 Å². The zero-order valence-corrected chi connectivity index (χ0v) is 20.0. The second-order valence-corrected chi connectivity index (χ2v) is 9.89. The van der Waals surface area contributed by atoms with Crippen molar-refractivity contribution in [2.45, 2.75) is 31.3 Å². The van der Waals surface area contributed by atoms with Gasteiger partial charge in [0.25, 0.3) is 0 Å². The van der Waals surface area contributed by atoms with Gasteiger partial charge in [0.2, 0.25) is 0 Å². The van der Waals surface area contributed by atoms with Crippen molar-refractivity contribution in [1.29, 1.82) is 5.26 Å². The Morgan fingerprint density at radius 2 is 1.91 bits per heavy atom. The first-order valence-corrected chi connectivity index (χ1v) is 12.4. The largest absolute Gasteiger partial charge is 0.341 e. The minimum Gasteiger partial charge on any atom is -0.341 e. The molecule has 1 fully saturated rings. The molecule has 0 atom stereocenters. The second kappa shape index (κ2) is 8.76. The Bertz CT molecular complexity index is 1430. The van der Waals surface area contributed by atoms with Gasteiger partial charge in [-0.25, -0.2) is 9.37 Å². The quantitative estimate of drug-likeness (QED) is 0.400. The molecule has 5 nitrogen and oxygen atoms in total. The number of aromatic nitrogens is 2. The number of rotatable bonds is 3. The van der Waals surface area contributed by atoms with Crippen LogP contribution in [-0.4, -0.2) is 34.5 Å². The number of nitrogens with one attached hydrogen (secondary N) is 2. The van der Waals surface area contributed by atoms with Crippen molar-refractivity contribution in [2.75, 3.05) is 19.6 Å². The highest BCUT2D eigenvalue weighted by Gasteiger charge is 2.43. The van der Waals surface area contributed by atoms with Crippen LogP contribution in [0.3, 0.4) is 0 Å². The minimum absolute atomic E-state index is 0.0757. The molecule has 3 aromatic carbocycles. The summed E-state index contributed by atoms with van der Waals surface area (Å²) in [5, 5.41) is 12.9. The molecule has 2 aliphatic rings. The van der Waals surface area contributed by atoms with E-state index in [1.54, 1.807) is 6.07 Å². The highest BCUT2D eigenvalue weighted by atomic mass is 35.5. The molecule has 0 radical (unpaired) electrons. The zero-order valence-electron chi connectivity index (χ0n) is 19.2. The number of H-pyrrole nitrogens is 1. The number of nitriles is 1. The second-order valence-electron chi connectivity index (χ2n) is 9.48. The lowest BCUT2D eigenvalue weighted by atomic mass is 9.74. The monoisotopic (exact) mass is 485 g/mol. The van der Waals surface area contributed by atoms with Crippen molar-refractivity contribution in [3.05, 3.63) is 88.0 Å². The Kier molecular flexibility index (Phi) is 5.57. The van der Waals surface area contributed by atoms with Crippen molar-refractivity contribution in [3.63, 3.8) is 0 Å². The average Bonchev–Trinajstić information content (AvgIpc) is 3.27.